The van der Waals surface area contributed by atoms with Gasteiger partial charge in [-0.2, -0.15) is 10.5 Å². The fourth-order valence-corrected chi connectivity index (χ4v) is 2.83. The zero-order valence-corrected chi connectivity index (χ0v) is 12.7. The second kappa shape index (κ2) is 5.56. The smallest absolute Gasteiger partial charge is 0.153 e. The third kappa shape index (κ3) is 2.22. The van der Waals surface area contributed by atoms with Crippen LogP contribution in [-0.4, -0.2) is 0 Å². The zero-order chi connectivity index (χ0) is 15.7. The Morgan fingerprint density at radius 1 is 1.14 bits per heavy atom. The summed E-state index contributed by atoms with van der Waals surface area (Å²) in [4.78, 5) is 1.97. The maximum Gasteiger partial charge on any atom is 0.153 e. The van der Waals surface area contributed by atoms with Crippen LogP contribution in [0.2, 0.25) is 5.02 Å². The Kier molecular flexibility index (Phi) is 3.59. The average molecular weight is 306 g/mol. The zero-order valence-electron chi connectivity index (χ0n) is 12.0. The van der Waals surface area contributed by atoms with Crippen LogP contribution in [0.25, 0.3) is 5.70 Å². The van der Waals surface area contributed by atoms with E-state index in [4.69, 9.17) is 11.6 Å². The number of hydrogen-bond donors (Lipinski definition) is 0. The molecule has 0 aromatic heterocycles. The van der Waals surface area contributed by atoms with E-state index < -0.39 is 0 Å². The summed E-state index contributed by atoms with van der Waals surface area (Å²) < 4.78 is 0. The van der Waals surface area contributed by atoms with Crippen molar-refractivity contribution in [3.05, 3.63) is 69.8 Å². The summed E-state index contributed by atoms with van der Waals surface area (Å²) in [7, 11) is 0. The first-order valence-electron chi connectivity index (χ1n) is 6.82. The molecule has 0 amide bonds. The summed E-state index contributed by atoms with van der Waals surface area (Å²) in [6.45, 7) is 2.56. The maximum atomic E-state index is 9.29. The molecule has 0 bridgehead atoms. The van der Waals surface area contributed by atoms with Crippen molar-refractivity contribution >= 4 is 23.0 Å². The molecule has 3 nitrogen and oxygen atoms in total. The van der Waals surface area contributed by atoms with E-state index in [-0.39, 0.29) is 5.57 Å². The molecule has 1 heterocycles. The highest BCUT2D eigenvalue weighted by atomic mass is 35.5. The van der Waals surface area contributed by atoms with Crippen LogP contribution in [0.4, 0.5) is 5.69 Å². The third-order valence-electron chi connectivity index (χ3n) is 3.80. The first-order valence-corrected chi connectivity index (χ1v) is 7.20. The number of benzene rings is 2. The van der Waals surface area contributed by atoms with Crippen LogP contribution in [0.1, 0.15) is 16.7 Å². The predicted octanol–water partition coefficient (Wildman–Crippen LogP) is 4.43. The van der Waals surface area contributed by atoms with Crippen molar-refractivity contribution in [1.82, 2.24) is 0 Å². The van der Waals surface area contributed by atoms with Gasteiger partial charge in [0.1, 0.15) is 12.1 Å². The van der Waals surface area contributed by atoms with Crippen molar-refractivity contribution in [1.29, 1.82) is 10.5 Å². The summed E-state index contributed by atoms with van der Waals surface area (Å²) in [5.74, 6) is 0. The molecular weight excluding hydrogens is 294 g/mol. The van der Waals surface area contributed by atoms with Crippen LogP contribution in [0, 0.1) is 29.6 Å². The lowest BCUT2D eigenvalue weighted by Crippen LogP contribution is -2.15. The lowest BCUT2D eigenvalue weighted by atomic mass is 10.1. The van der Waals surface area contributed by atoms with Gasteiger partial charge in [-0.05, 0) is 30.2 Å². The van der Waals surface area contributed by atoms with Crippen LogP contribution in [-0.2, 0) is 6.54 Å². The molecule has 2 aromatic rings. The molecule has 1 aliphatic rings. The summed E-state index contributed by atoms with van der Waals surface area (Å²) >= 11 is 6.23. The number of fused-ring (bicyclic) bond motifs is 1. The predicted molar refractivity (Wildman–Crippen MR) is 87.0 cm³/mol. The molecule has 0 atom stereocenters. The average Bonchev–Trinajstić information content (AvgIpc) is 2.91. The van der Waals surface area contributed by atoms with Gasteiger partial charge < -0.3 is 4.90 Å². The molecule has 3 rings (SSSR count). The molecule has 0 saturated heterocycles. The van der Waals surface area contributed by atoms with Gasteiger partial charge in [-0.15, -0.1) is 0 Å². The van der Waals surface area contributed by atoms with Crippen molar-refractivity contribution < 1.29 is 0 Å². The Balaban J connectivity index is 2.21. The molecule has 0 unspecified atom stereocenters. The number of hydrogen-bond acceptors (Lipinski definition) is 3. The molecule has 0 spiro atoms. The second-order valence-corrected chi connectivity index (χ2v) is 5.53. The minimum Gasteiger partial charge on any atom is -0.335 e. The Morgan fingerprint density at radius 2 is 1.86 bits per heavy atom. The number of nitriles is 2. The Labute approximate surface area is 134 Å². The second-order valence-electron chi connectivity index (χ2n) is 5.12. The molecule has 2 aromatic carbocycles. The van der Waals surface area contributed by atoms with E-state index in [0.29, 0.717) is 17.3 Å². The summed E-state index contributed by atoms with van der Waals surface area (Å²) in [6, 6.07) is 17.6. The largest absolute Gasteiger partial charge is 0.335 e. The fourth-order valence-electron chi connectivity index (χ4n) is 2.65. The van der Waals surface area contributed by atoms with E-state index in [9.17, 15) is 10.5 Å². The van der Waals surface area contributed by atoms with Crippen LogP contribution in [0.15, 0.2) is 48.0 Å². The van der Waals surface area contributed by atoms with E-state index in [1.165, 1.54) is 0 Å². The van der Waals surface area contributed by atoms with Crippen LogP contribution < -0.4 is 4.90 Å². The molecule has 0 radical (unpaired) electrons. The number of allylic oxidation sites excluding steroid dienone is 1. The van der Waals surface area contributed by atoms with Crippen molar-refractivity contribution in [3.8, 4) is 12.1 Å². The van der Waals surface area contributed by atoms with Gasteiger partial charge in [-0.25, -0.2) is 0 Å². The Hall–Kier alpha value is -2.75. The normalized spacial score (nSPS) is 12.5. The number of halogens is 1. The Bertz CT molecular complexity index is 853. The van der Waals surface area contributed by atoms with E-state index >= 15 is 0 Å². The van der Waals surface area contributed by atoms with Gasteiger partial charge in [0.2, 0.25) is 0 Å². The molecule has 0 fully saturated rings. The van der Waals surface area contributed by atoms with Crippen LogP contribution >= 0.6 is 11.6 Å². The van der Waals surface area contributed by atoms with E-state index in [0.717, 1.165) is 22.4 Å². The fraction of sp³-hybridized carbons (Fsp3) is 0.111. The number of rotatable bonds is 1. The standard InChI is InChI=1S/C18H12ClN3/c1-12-6-7-15(8-17(12)19)22-11-13-4-2-3-5-16(13)18(22)14(9-20)10-21/h2-8H,11H2,1H3. The summed E-state index contributed by atoms with van der Waals surface area (Å²) in [5.41, 5.74) is 4.66. The highest BCUT2D eigenvalue weighted by Gasteiger charge is 2.28. The van der Waals surface area contributed by atoms with E-state index in [2.05, 4.69) is 0 Å². The van der Waals surface area contributed by atoms with Crippen molar-refractivity contribution in [3.63, 3.8) is 0 Å². The van der Waals surface area contributed by atoms with Gasteiger partial charge in [-0.3, -0.25) is 0 Å². The topological polar surface area (TPSA) is 50.8 Å². The lowest BCUT2D eigenvalue weighted by Gasteiger charge is -2.21. The molecule has 0 aliphatic carbocycles. The van der Waals surface area contributed by atoms with Crippen molar-refractivity contribution in [2.45, 2.75) is 13.5 Å². The number of aryl methyl sites for hydroxylation is 1. The minimum absolute atomic E-state index is 0.113. The number of nitrogens with zero attached hydrogens (tertiary/aromatic N) is 3. The molecular formula is C18H12ClN3. The van der Waals surface area contributed by atoms with Crippen LogP contribution in [0.3, 0.4) is 0 Å². The minimum atomic E-state index is 0.113. The third-order valence-corrected chi connectivity index (χ3v) is 4.21. The van der Waals surface area contributed by atoms with Gasteiger partial charge in [0, 0.05) is 22.8 Å². The maximum absolute atomic E-state index is 9.29. The molecule has 22 heavy (non-hydrogen) atoms. The Morgan fingerprint density at radius 3 is 2.55 bits per heavy atom. The lowest BCUT2D eigenvalue weighted by molar-refractivity contribution is 1.04. The quantitative estimate of drug-likeness (QED) is 0.732. The van der Waals surface area contributed by atoms with Gasteiger partial charge in [0.05, 0.1) is 5.70 Å². The van der Waals surface area contributed by atoms with Crippen molar-refractivity contribution in [2.24, 2.45) is 0 Å². The van der Waals surface area contributed by atoms with Gasteiger partial charge in [-0.1, -0.05) is 41.9 Å². The van der Waals surface area contributed by atoms with Gasteiger partial charge in [0.15, 0.2) is 5.57 Å². The molecule has 0 N–H and O–H groups in total. The highest BCUT2D eigenvalue weighted by molar-refractivity contribution is 6.31. The first kappa shape index (κ1) is 14.2. The first-order chi connectivity index (χ1) is 10.7. The van der Waals surface area contributed by atoms with E-state index in [1.54, 1.807) is 0 Å². The summed E-state index contributed by atoms with van der Waals surface area (Å²) in [5, 5.41) is 19.3. The van der Waals surface area contributed by atoms with Crippen LogP contribution in [0.5, 0.6) is 0 Å². The van der Waals surface area contributed by atoms with Crippen molar-refractivity contribution in [2.75, 3.05) is 4.90 Å². The van der Waals surface area contributed by atoms with Gasteiger partial charge in [0.25, 0.3) is 0 Å². The molecule has 1 aliphatic heterocycles. The summed E-state index contributed by atoms with van der Waals surface area (Å²) in [6.07, 6.45) is 0. The molecule has 4 heteroatoms. The van der Waals surface area contributed by atoms with E-state index in [1.807, 2.05) is 66.4 Å². The highest BCUT2D eigenvalue weighted by Crippen LogP contribution is 2.39. The number of anilines is 1. The monoisotopic (exact) mass is 305 g/mol. The van der Waals surface area contributed by atoms with Gasteiger partial charge >= 0.3 is 0 Å². The SMILES string of the molecule is Cc1ccc(N2Cc3ccccc3C2=C(C#N)C#N)cc1Cl. The molecule has 0 saturated carbocycles. The molecule has 106 valence electrons.